The van der Waals surface area contributed by atoms with E-state index in [1.165, 1.54) is 6.92 Å². The lowest BCUT2D eigenvalue weighted by Crippen LogP contribution is -2.13. The maximum atomic E-state index is 13.8. The molecule has 1 aromatic heterocycles. The Bertz CT molecular complexity index is 940. The summed E-state index contributed by atoms with van der Waals surface area (Å²) in [6.45, 7) is 3.25. The number of nitrogens with zero attached hydrogens (tertiary/aromatic N) is 2. The van der Waals surface area contributed by atoms with Gasteiger partial charge in [0.1, 0.15) is 0 Å². The van der Waals surface area contributed by atoms with E-state index in [9.17, 15) is 13.6 Å². The highest BCUT2D eigenvalue weighted by Crippen LogP contribution is 2.30. The number of nitrogens with one attached hydrogen (secondary N) is 1. The van der Waals surface area contributed by atoms with Crippen molar-refractivity contribution < 1.29 is 13.6 Å². The molecule has 0 saturated carbocycles. The van der Waals surface area contributed by atoms with Crippen molar-refractivity contribution in [2.45, 2.75) is 13.8 Å². The first-order valence-corrected chi connectivity index (χ1v) is 7.73. The molecule has 4 nitrogen and oxygen atoms in total. The molecule has 0 unspecified atom stereocenters. The molecule has 2 aromatic carbocycles. The van der Waals surface area contributed by atoms with Crippen LogP contribution in [-0.2, 0) is 7.05 Å². The average molecular weight is 341 g/mol. The van der Waals surface area contributed by atoms with Crippen molar-refractivity contribution in [1.82, 2.24) is 9.78 Å². The number of anilines is 1. The second kappa shape index (κ2) is 6.47. The Morgan fingerprint density at radius 2 is 1.88 bits per heavy atom. The molecule has 0 radical (unpaired) electrons. The molecule has 0 spiro atoms. The van der Waals surface area contributed by atoms with Gasteiger partial charge < -0.3 is 5.32 Å². The number of benzene rings is 2. The Balaban J connectivity index is 1.99. The fourth-order valence-electron chi connectivity index (χ4n) is 2.74. The second-order valence-corrected chi connectivity index (χ2v) is 5.89. The number of carbonyl (C=O) groups is 1. The van der Waals surface area contributed by atoms with E-state index in [1.807, 2.05) is 0 Å². The van der Waals surface area contributed by atoms with Crippen LogP contribution in [-0.4, -0.2) is 15.7 Å². The summed E-state index contributed by atoms with van der Waals surface area (Å²) in [6, 6.07) is 9.69. The number of aromatic nitrogens is 2. The standard InChI is InChI=1S/C19H17F2N3O/c1-11-8-13(9-16(20)18(11)21)14-6-4-5-7-17(14)22-19(25)15-10-24(3)23-12(15)2/h4-10H,1-3H3,(H,22,25). The van der Waals surface area contributed by atoms with Crippen LogP contribution in [0.1, 0.15) is 21.6 Å². The summed E-state index contributed by atoms with van der Waals surface area (Å²) in [5.41, 5.74) is 2.90. The zero-order chi connectivity index (χ0) is 18.1. The number of halogens is 2. The molecule has 25 heavy (non-hydrogen) atoms. The number of rotatable bonds is 3. The van der Waals surface area contributed by atoms with Crippen molar-refractivity contribution in [3.63, 3.8) is 0 Å². The average Bonchev–Trinajstić information content (AvgIpc) is 2.91. The van der Waals surface area contributed by atoms with Gasteiger partial charge in [-0.1, -0.05) is 18.2 Å². The number of hydrogen-bond acceptors (Lipinski definition) is 2. The lowest BCUT2D eigenvalue weighted by Gasteiger charge is -2.12. The molecule has 0 saturated heterocycles. The number of amides is 1. The Labute approximate surface area is 144 Å². The summed E-state index contributed by atoms with van der Waals surface area (Å²) in [6.07, 6.45) is 1.63. The zero-order valence-electron chi connectivity index (χ0n) is 14.1. The van der Waals surface area contributed by atoms with Crippen LogP contribution in [0.5, 0.6) is 0 Å². The monoisotopic (exact) mass is 341 g/mol. The van der Waals surface area contributed by atoms with Crippen LogP contribution >= 0.6 is 0 Å². The molecule has 0 fully saturated rings. The molecule has 0 aliphatic carbocycles. The highest BCUT2D eigenvalue weighted by molar-refractivity contribution is 6.06. The van der Waals surface area contributed by atoms with Crippen molar-refractivity contribution in [2.75, 3.05) is 5.32 Å². The summed E-state index contributed by atoms with van der Waals surface area (Å²) in [5, 5.41) is 6.98. The van der Waals surface area contributed by atoms with Gasteiger partial charge in [0.05, 0.1) is 11.3 Å². The predicted molar refractivity (Wildman–Crippen MR) is 92.4 cm³/mol. The van der Waals surface area contributed by atoms with Gasteiger partial charge >= 0.3 is 0 Å². The lowest BCUT2D eigenvalue weighted by atomic mass is 10.0. The Morgan fingerprint density at radius 1 is 1.16 bits per heavy atom. The highest BCUT2D eigenvalue weighted by Gasteiger charge is 2.16. The van der Waals surface area contributed by atoms with E-state index in [1.54, 1.807) is 55.2 Å². The van der Waals surface area contributed by atoms with Crippen LogP contribution in [0, 0.1) is 25.5 Å². The fourth-order valence-corrected chi connectivity index (χ4v) is 2.74. The van der Waals surface area contributed by atoms with Crippen molar-refractivity contribution in [2.24, 2.45) is 7.05 Å². The van der Waals surface area contributed by atoms with Gasteiger partial charge in [0, 0.05) is 24.5 Å². The highest BCUT2D eigenvalue weighted by atomic mass is 19.2. The molecule has 128 valence electrons. The van der Waals surface area contributed by atoms with Gasteiger partial charge in [-0.05, 0) is 43.2 Å². The van der Waals surface area contributed by atoms with E-state index in [-0.39, 0.29) is 11.5 Å². The summed E-state index contributed by atoms with van der Waals surface area (Å²) < 4.78 is 28.9. The Kier molecular flexibility index (Phi) is 4.35. The van der Waals surface area contributed by atoms with E-state index < -0.39 is 11.6 Å². The second-order valence-electron chi connectivity index (χ2n) is 5.89. The number of para-hydroxylation sites is 1. The maximum absolute atomic E-state index is 13.8. The zero-order valence-corrected chi connectivity index (χ0v) is 14.1. The van der Waals surface area contributed by atoms with E-state index >= 15 is 0 Å². The van der Waals surface area contributed by atoms with Gasteiger partial charge in [-0.25, -0.2) is 8.78 Å². The topological polar surface area (TPSA) is 46.9 Å². The molecule has 1 amide bonds. The third-order valence-corrected chi connectivity index (χ3v) is 3.95. The summed E-state index contributed by atoms with van der Waals surface area (Å²) >= 11 is 0. The van der Waals surface area contributed by atoms with E-state index in [2.05, 4.69) is 10.4 Å². The van der Waals surface area contributed by atoms with Crippen LogP contribution in [0.4, 0.5) is 14.5 Å². The van der Waals surface area contributed by atoms with E-state index in [0.29, 0.717) is 28.1 Å². The molecule has 1 N–H and O–H groups in total. The maximum Gasteiger partial charge on any atom is 0.259 e. The Hall–Kier alpha value is -3.02. The van der Waals surface area contributed by atoms with Gasteiger partial charge in [-0.3, -0.25) is 9.48 Å². The van der Waals surface area contributed by atoms with Gasteiger partial charge in [-0.2, -0.15) is 5.10 Å². The molecular weight excluding hydrogens is 324 g/mol. The van der Waals surface area contributed by atoms with Crippen LogP contribution in [0.3, 0.4) is 0 Å². The smallest absolute Gasteiger partial charge is 0.259 e. The molecule has 0 bridgehead atoms. The molecule has 0 aliphatic rings. The molecule has 0 aliphatic heterocycles. The first-order valence-electron chi connectivity index (χ1n) is 7.73. The van der Waals surface area contributed by atoms with Crippen molar-refractivity contribution >= 4 is 11.6 Å². The lowest BCUT2D eigenvalue weighted by molar-refractivity contribution is 0.102. The molecule has 0 atom stereocenters. The quantitative estimate of drug-likeness (QED) is 0.775. The van der Waals surface area contributed by atoms with Gasteiger partial charge in [0.15, 0.2) is 11.6 Å². The first-order chi connectivity index (χ1) is 11.9. The molecule has 6 heteroatoms. The third-order valence-electron chi connectivity index (χ3n) is 3.95. The third kappa shape index (κ3) is 3.28. The van der Waals surface area contributed by atoms with Gasteiger partial charge in [0.25, 0.3) is 5.91 Å². The van der Waals surface area contributed by atoms with Crippen LogP contribution in [0.2, 0.25) is 0 Å². The Morgan fingerprint density at radius 3 is 2.52 bits per heavy atom. The molecule has 3 aromatic rings. The minimum atomic E-state index is -0.917. The first kappa shape index (κ1) is 16.8. The van der Waals surface area contributed by atoms with Crippen LogP contribution < -0.4 is 5.32 Å². The molecule has 1 heterocycles. The van der Waals surface area contributed by atoms with Crippen molar-refractivity contribution in [3.8, 4) is 11.1 Å². The van der Waals surface area contributed by atoms with Crippen molar-refractivity contribution in [3.05, 3.63) is 71.1 Å². The fraction of sp³-hybridized carbons (Fsp3) is 0.158. The largest absolute Gasteiger partial charge is 0.321 e. The van der Waals surface area contributed by atoms with Crippen LogP contribution in [0.25, 0.3) is 11.1 Å². The van der Waals surface area contributed by atoms with Gasteiger partial charge in [0.2, 0.25) is 0 Å². The summed E-state index contributed by atoms with van der Waals surface area (Å²) in [4.78, 5) is 12.5. The van der Waals surface area contributed by atoms with E-state index in [0.717, 1.165) is 6.07 Å². The summed E-state index contributed by atoms with van der Waals surface area (Å²) in [7, 11) is 1.74. The van der Waals surface area contributed by atoms with Crippen LogP contribution in [0.15, 0.2) is 42.6 Å². The molecular formula is C19H17F2N3O. The minimum Gasteiger partial charge on any atom is -0.321 e. The molecule has 3 rings (SSSR count). The van der Waals surface area contributed by atoms with Gasteiger partial charge in [-0.15, -0.1) is 0 Å². The number of carbonyl (C=O) groups excluding carboxylic acids is 1. The number of aryl methyl sites for hydroxylation is 3. The van der Waals surface area contributed by atoms with Crippen molar-refractivity contribution in [1.29, 1.82) is 0 Å². The summed E-state index contributed by atoms with van der Waals surface area (Å²) in [5.74, 6) is -2.09. The number of hydrogen-bond donors (Lipinski definition) is 1. The SMILES string of the molecule is Cc1cc(-c2ccccc2NC(=O)c2cn(C)nc2C)cc(F)c1F. The van der Waals surface area contributed by atoms with E-state index in [4.69, 9.17) is 0 Å². The minimum absolute atomic E-state index is 0.208. The predicted octanol–water partition coefficient (Wildman–Crippen LogP) is 4.23. The normalized spacial score (nSPS) is 10.8.